The van der Waals surface area contributed by atoms with E-state index in [9.17, 15) is 9.59 Å². The zero-order valence-electron chi connectivity index (χ0n) is 14.5. The first-order valence-corrected chi connectivity index (χ1v) is 8.42. The maximum Gasteiger partial charge on any atom is 0.238 e. The normalized spacial score (nSPS) is 18.4. The van der Waals surface area contributed by atoms with Gasteiger partial charge in [-0.15, -0.1) is 0 Å². The van der Waals surface area contributed by atoms with Crippen LogP contribution in [0.1, 0.15) is 12.0 Å². The van der Waals surface area contributed by atoms with Crippen LogP contribution in [0.3, 0.4) is 0 Å². The van der Waals surface area contributed by atoms with Crippen LogP contribution in [0.5, 0.6) is 0 Å². The summed E-state index contributed by atoms with van der Waals surface area (Å²) < 4.78 is 4.97. The highest BCUT2D eigenvalue weighted by Crippen LogP contribution is 2.13. The molecule has 1 aromatic rings. The fourth-order valence-corrected chi connectivity index (χ4v) is 2.99. The molecule has 1 aromatic carbocycles. The Hall–Kier alpha value is -1.92. The Morgan fingerprint density at radius 2 is 2.00 bits per heavy atom. The minimum Gasteiger partial charge on any atom is -0.384 e. The van der Waals surface area contributed by atoms with Gasteiger partial charge in [0, 0.05) is 40.3 Å². The number of likely N-dealkylation sites (N-methyl/N-ethyl adjacent to an activating group) is 1. The highest BCUT2D eigenvalue weighted by atomic mass is 16.5. The molecule has 1 aliphatic rings. The van der Waals surface area contributed by atoms with Gasteiger partial charge in [0.25, 0.3) is 0 Å². The van der Waals surface area contributed by atoms with E-state index in [0.29, 0.717) is 32.7 Å². The number of piperazine rings is 1. The van der Waals surface area contributed by atoms with Gasteiger partial charge in [-0.2, -0.15) is 0 Å². The van der Waals surface area contributed by atoms with Crippen molar-refractivity contribution in [3.63, 3.8) is 0 Å². The van der Waals surface area contributed by atoms with Gasteiger partial charge >= 0.3 is 0 Å². The highest BCUT2D eigenvalue weighted by molar-refractivity contribution is 5.83. The zero-order valence-corrected chi connectivity index (χ0v) is 14.5. The molecule has 0 bridgehead atoms. The monoisotopic (exact) mass is 333 g/mol. The molecular formula is C18H27N3O3. The third kappa shape index (κ3) is 5.04. The molecule has 0 aliphatic carbocycles. The summed E-state index contributed by atoms with van der Waals surface area (Å²) in [6, 6.07) is 9.95. The molecule has 1 saturated heterocycles. The molecule has 2 amide bonds. The van der Waals surface area contributed by atoms with Crippen LogP contribution in [0, 0.1) is 0 Å². The molecule has 6 nitrogen and oxygen atoms in total. The Morgan fingerprint density at radius 1 is 1.25 bits per heavy atom. The van der Waals surface area contributed by atoms with Gasteiger partial charge < -0.3 is 15.0 Å². The largest absolute Gasteiger partial charge is 0.384 e. The van der Waals surface area contributed by atoms with Crippen LogP contribution in [0.25, 0.3) is 0 Å². The van der Waals surface area contributed by atoms with Crippen LogP contribution in [0.2, 0.25) is 0 Å². The molecule has 1 heterocycles. The van der Waals surface area contributed by atoms with Crippen LogP contribution in [-0.4, -0.2) is 74.6 Å². The number of nitrogens with zero attached hydrogens (tertiary/aromatic N) is 2. The van der Waals surface area contributed by atoms with Crippen molar-refractivity contribution in [2.75, 3.05) is 46.9 Å². The molecular weight excluding hydrogens is 306 g/mol. The van der Waals surface area contributed by atoms with E-state index in [1.807, 2.05) is 18.2 Å². The van der Waals surface area contributed by atoms with Crippen molar-refractivity contribution in [1.82, 2.24) is 15.1 Å². The lowest BCUT2D eigenvalue weighted by Crippen LogP contribution is -2.60. The number of hydrogen-bond donors (Lipinski definition) is 1. The summed E-state index contributed by atoms with van der Waals surface area (Å²) in [6.07, 6.45) is 1.26. The lowest BCUT2D eigenvalue weighted by molar-refractivity contribution is -0.138. The third-order valence-electron chi connectivity index (χ3n) is 4.44. The van der Waals surface area contributed by atoms with Crippen LogP contribution >= 0.6 is 0 Å². The predicted molar refractivity (Wildman–Crippen MR) is 92.6 cm³/mol. The Labute approximate surface area is 143 Å². The molecule has 0 radical (unpaired) electrons. The first kappa shape index (κ1) is 18.4. The standard InChI is InChI=1S/C18H27N3O3/c1-19-18(23)16-14-21(17(22)9-13-24-2)12-11-20(16)10-8-15-6-4-3-5-7-15/h3-7,16H,8-14H2,1-2H3,(H,19,23)/t16-/m1/s1. The summed E-state index contributed by atoms with van der Waals surface area (Å²) in [6.45, 7) is 3.03. The van der Waals surface area contributed by atoms with Crippen LogP contribution in [-0.2, 0) is 20.7 Å². The van der Waals surface area contributed by atoms with Crippen molar-refractivity contribution >= 4 is 11.8 Å². The van der Waals surface area contributed by atoms with Gasteiger partial charge in [0.05, 0.1) is 13.0 Å². The van der Waals surface area contributed by atoms with E-state index >= 15 is 0 Å². The fraction of sp³-hybridized carbons (Fsp3) is 0.556. The predicted octanol–water partition coefficient (Wildman–Crippen LogP) is 0.524. The molecule has 2 rings (SSSR count). The van der Waals surface area contributed by atoms with Crippen LogP contribution < -0.4 is 5.32 Å². The molecule has 0 unspecified atom stereocenters. The summed E-state index contributed by atoms with van der Waals surface area (Å²) in [5, 5.41) is 2.72. The van der Waals surface area contributed by atoms with Crippen molar-refractivity contribution in [1.29, 1.82) is 0 Å². The number of carbonyl (C=O) groups is 2. The fourth-order valence-electron chi connectivity index (χ4n) is 2.99. The highest BCUT2D eigenvalue weighted by Gasteiger charge is 2.33. The van der Waals surface area contributed by atoms with Gasteiger partial charge in [-0.1, -0.05) is 30.3 Å². The average Bonchev–Trinajstić information content (AvgIpc) is 2.64. The molecule has 0 saturated carbocycles. The molecule has 0 aromatic heterocycles. The van der Waals surface area contributed by atoms with Gasteiger partial charge in [0.2, 0.25) is 11.8 Å². The second-order valence-corrected chi connectivity index (χ2v) is 5.98. The van der Waals surface area contributed by atoms with E-state index in [1.54, 1.807) is 19.1 Å². The van der Waals surface area contributed by atoms with Gasteiger partial charge in [0.1, 0.15) is 6.04 Å². The van der Waals surface area contributed by atoms with E-state index < -0.39 is 0 Å². The van der Waals surface area contributed by atoms with Gasteiger partial charge in [-0.05, 0) is 12.0 Å². The van der Waals surface area contributed by atoms with Crippen LogP contribution in [0.4, 0.5) is 0 Å². The van der Waals surface area contributed by atoms with E-state index in [2.05, 4.69) is 22.3 Å². The summed E-state index contributed by atoms with van der Waals surface area (Å²) in [7, 11) is 3.23. The van der Waals surface area contributed by atoms with Crippen molar-refractivity contribution in [3.05, 3.63) is 35.9 Å². The maximum absolute atomic E-state index is 12.3. The van der Waals surface area contributed by atoms with Crippen LogP contribution in [0.15, 0.2) is 30.3 Å². The SMILES string of the molecule is CNC(=O)[C@H]1CN(C(=O)CCOC)CCN1CCc1ccccc1. The van der Waals surface area contributed by atoms with Gasteiger partial charge in [-0.25, -0.2) is 0 Å². The van der Waals surface area contributed by atoms with Gasteiger partial charge in [0.15, 0.2) is 0 Å². The van der Waals surface area contributed by atoms with E-state index in [1.165, 1.54) is 5.56 Å². The topological polar surface area (TPSA) is 61.9 Å². The Morgan fingerprint density at radius 3 is 2.67 bits per heavy atom. The molecule has 24 heavy (non-hydrogen) atoms. The Bertz CT molecular complexity index is 536. The number of amides is 2. The average molecular weight is 333 g/mol. The second-order valence-electron chi connectivity index (χ2n) is 5.98. The maximum atomic E-state index is 12.3. The summed E-state index contributed by atoms with van der Waals surface area (Å²) in [5.41, 5.74) is 1.26. The molecule has 0 spiro atoms. The smallest absolute Gasteiger partial charge is 0.238 e. The Balaban J connectivity index is 1.96. The zero-order chi connectivity index (χ0) is 17.4. The lowest BCUT2D eigenvalue weighted by Gasteiger charge is -2.40. The van der Waals surface area contributed by atoms with Crippen molar-refractivity contribution in [2.45, 2.75) is 18.9 Å². The van der Waals surface area contributed by atoms with E-state index in [0.717, 1.165) is 13.0 Å². The lowest BCUT2D eigenvalue weighted by atomic mass is 10.1. The van der Waals surface area contributed by atoms with Crippen molar-refractivity contribution in [2.24, 2.45) is 0 Å². The minimum absolute atomic E-state index is 0.0349. The molecule has 132 valence electrons. The third-order valence-corrected chi connectivity index (χ3v) is 4.44. The first-order chi connectivity index (χ1) is 11.7. The molecule has 1 atom stereocenters. The Kier molecular flexibility index (Phi) is 7.21. The van der Waals surface area contributed by atoms with Crippen molar-refractivity contribution < 1.29 is 14.3 Å². The molecule has 6 heteroatoms. The van der Waals surface area contributed by atoms with Gasteiger partial charge in [-0.3, -0.25) is 14.5 Å². The summed E-state index contributed by atoms with van der Waals surface area (Å²) >= 11 is 0. The first-order valence-electron chi connectivity index (χ1n) is 8.42. The molecule has 1 fully saturated rings. The summed E-state index contributed by atoms with van der Waals surface area (Å²) in [4.78, 5) is 28.4. The number of rotatable bonds is 7. The number of carbonyl (C=O) groups excluding carboxylic acids is 2. The summed E-state index contributed by atoms with van der Waals surface area (Å²) in [5.74, 6) is 0.0146. The number of nitrogens with one attached hydrogen (secondary N) is 1. The quantitative estimate of drug-likeness (QED) is 0.790. The number of ether oxygens (including phenoxy) is 1. The minimum atomic E-state index is -0.293. The number of benzene rings is 1. The second kappa shape index (κ2) is 9.39. The molecule has 1 aliphatic heterocycles. The van der Waals surface area contributed by atoms with E-state index in [4.69, 9.17) is 4.74 Å². The number of methoxy groups -OCH3 is 1. The van der Waals surface area contributed by atoms with E-state index in [-0.39, 0.29) is 17.9 Å². The van der Waals surface area contributed by atoms with Crippen molar-refractivity contribution in [3.8, 4) is 0 Å². The number of hydrogen-bond acceptors (Lipinski definition) is 4. The molecule has 1 N–H and O–H groups in total.